The molecule has 0 radical (unpaired) electrons. The quantitative estimate of drug-likeness (QED) is 0.430. The van der Waals surface area contributed by atoms with Gasteiger partial charge in [0.25, 0.3) is 0 Å². The van der Waals surface area contributed by atoms with Crippen molar-refractivity contribution in [2.24, 2.45) is 0 Å². The van der Waals surface area contributed by atoms with Crippen molar-refractivity contribution < 1.29 is 23.8 Å². The Morgan fingerprint density at radius 1 is 1.04 bits per heavy atom. The number of hydrogen-bond donors (Lipinski definition) is 0. The van der Waals surface area contributed by atoms with Gasteiger partial charge < -0.3 is 14.2 Å². The summed E-state index contributed by atoms with van der Waals surface area (Å²) in [6.45, 7) is 2.06. The van der Waals surface area contributed by atoms with Gasteiger partial charge in [-0.3, -0.25) is 0 Å². The number of carbonyl (C=O) groups excluding carboxylic acids is 2. The minimum atomic E-state index is -0.545. The molecule has 0 aromatic heterocycles. The maximum absolute atomic E-state index is 11.9. The number of ether oxygens (including phenoxy) is 3. The average molecular weight is 472 g/mol. The van der Waals surface area contributed by atoms with E-state index in [-0.39, 0.29) is 6.61 Å². The number of halogens is 2. The summed E-state index contributed by atoms with van der Waals surface area (Å²) in [6.07, 6.45) is 0.760. The summed E-state index contributed by atoms with van der Waals surface area (Å²) in [5.41, 5.74) is 0.406. The Morgan fingerprint density at radius 3 is 2.40 bits per heavy atom. The van der Waals surface area contributed by atoms with Crippen LogP contribution in [0.3, 0.4) is 0 Å². The topological polar surface area (TPSA) is 61.8 Å². The monoisotopic (exact) mass is 470 g/mol. The van der Waals surface area contributed by atoms with Crippen LogP contribution in [0, 0.1) is 0 Å². The van der Waals surface area contributed by atoms with E-state index in [2.05, 4.69) is 31.9 Å². The smallest absolute Gasteiger partial charge is 0.349 e. The van der Waals surface area contributed by atoms with E-state index < -0.39 is 11.9 Å². The van der Waals surface area contributed by atoms with Crippen LogP contribution in [0.2, 0.25) is 0 Å². The first-order chi connectivity index (χ1) is 12.0. The fourth-order valence-electron chi connectivity index (χ4n) is 1.83. The predicted octanol–water partition coefficient (Wildman–Crippen LogP) is 4.76. The Hall–Kier alpha value is -1.86. The molecule has 0 atom stereocenters. The van der Waals surface area contributed by atoms with Gasteiger partial charge in [0.2, 0.25) is 0 Å². The summed E-state index contributed by atoms with van der Waals surface area (Å²) in [5, 5.41) is 0. The summed E-state index contributed by atoms with van der Waals surface area (Å²) in [4.78, 5) is 23.6. The molecule has 0 aliphatic rings. The molecule has 7 heteroatoms. The van der Waals surface area contributed by atoms with E-state index in [0.29, 0.717) is 23.7 Å². The summed E-state index contributed by atoms with van der Waals surface area (Å²) in [7, 11) is 0. The summed E-state index contributed by atoms with van der Waals surface area (Å²) in [6, 6.07) is 11.5. The molecule has 25 heavy (non-hydrogen) atoms. The van der Waals surface area contributed by atoms with Crippen molar-refractivity contribution in [3.63, 3.8) is 0 Å². The number of hydrogen-bond acceptors (Lipinski definition) is 5. The molecule has 0 saturated carbocycles. The van der Waals surface area contributed by atoms with Crippen molar-refractivity contribution in [1.82, 2.24) is 0 Å². The standard InChI is InChI=1S/C18H16Br2O5/c1-2-9-23-18(22)12-3-6-14(7-4-12)25-17(21)11-24-16-8-5-13(19)10-15(16)20/h3-8,10H,2,9,11H2,1H3. The van der Waals surface area contributed by atoms with Crippen LogP contribution in [-0.4, -0.2) is 25.2 Å². The molecule has 0 heterocycles. The molecule has 2 aromatic carbocycles. The van der Waals surface area contributed by atoms with Gasteiger partial charge in [0.1, 0.15) is 11.5 Å². The first kappa shape index (κ1) is 19.5. The minimum absolute atomic E-state index is 0.236. The Balaban J connectivity index is 1.87. The second kappa shape index (κ2) is 9.58. The Morgan fingerprint density at radius 2 is 1.76 bits per heavy atom. The van der Waals surface area contributed by atoms with Crippen molar-refractivity contribution in [1.29, 1.82) is 0 Å². The van der Waals surface area contributed by atoms with E-state index in [9.17, 15) is 9.59 Å². The van der Waals surface area contributed by atoms with E-state index >= 15 is 0 Å². The molecule has 0 N–H and O–H groups in total. The van der Waals surface area contributed by atoms with Crippen LogP contribution in [0.5, 0.6) is 11.5 Å². The van der Waals surface area contributed by atoms with Crippen LogP contribution < -0.4 is 9.47 Å². The summed E-state index contributed by atoms with van der Waals surface area (Å²) in [5.74, 6) is -0.0797. The van der Waals surface area contributed by atoms with Gasteiger partial charge >= 0.3 is 11.9 Å². The van der Waals surface area contributed by atoms with E-state index in [1.165, 1.54) is 12.1 Å². The lowest BCUT2D eigenvalue weighted by atomic mass is 10.2. The fourth-order valence-corrected chi connectivity index (χ4v) is 2.99. The Kier molecular flexibility index (Phi) is 7.46. The zero-order valence-corrected chi connectivity index (χ0v) is 16.6. The lowest BCUT2D eigenvalue weighted by Crippen LogP contribution is -2.18. The molecule has 0 aliphatic carbocycles. The van der Waals surface area contributed by atoms with Crippen LogP contribution in [0.15, 0.2) is 51.4 Å². The molecule has 0 fully saturated rings. The largest absolute Gasteiger partial charge is 0.481 e. The molecule has 0 aliphatic heterocycles. The van der Waals surface area contributed by atoms with Crippen molar-refractivity contribution in [2.45, 2.75) is 13.3 Å². The average Bonchev–Trinajstić information content (AvgIpc) is 2.59. The maximum Gasteiger partial charge on any atom is 0.349 e. The third-order valence-corrected chi connectivity index (χ3v) is 4.11. The Bertz CT molecular complexity index is 744. The van der Waals surface area contributed by atoms with E-state index in [4.69, 9.17) is 14.2 Å². The SMILES string of the molecule is CCCOC(=O)c1ccc(OC(=O)COc2ccc(Br)cc2Br)cc1. The molecular weight excluding hydrogens is 456 g/mol. The lowest BCUT2D eigenvalue weighted by Gasteiger charge is -2.09. The fraction of sp³-hybridized carbons (Fsp3) is 0.222. The molecule has 0 amide bonds. The second-order valence-electron chi connectivity index (χ2n) is 5.00. The molecule has 0 spiro atoms. The van der Waals surface area contributed by atoms with Gasteiger partial charge in [0, 0.05) is 4.47 Å². The first-order valence-corrected chi connectivity index (χ1v) is 9.14. The number of esters is 2. The molecule has 0 saturated heterocycles. The predicted molar refractivity (Wildman–Crippen MR) is 100.0 cm³/mol. The molecule has 5 nitrogen and oxygen atoms in total. The highest BCUT2D eigenvalue weighted by Gasteiger charge is 2.10. The van der Waals surface area contributed by atoms with Gasteiger partial charge in [0.05, 0.1) is 16.6 Å². The van der Waals surface area contributed by atoms with Crippen LogP contribution in [0.1, 0.15) is 23.7 Å². The van der Waals surface area contributed by atoms with E-state index in [1.54, 1.807) is 18.2 Å². The molecular formula is C18H16Br2O5. The van der Waals surface area contributed by atoms with E-state index in [1.807, 2.05) is 19.1 Å². The third kappa shape index (κ3) is 6.17. The van der Waals surface area contributed by atoms with Gasteiger partial charge in [-0.25, -0.2) is 9.59 Å². The highest BCUT2D eigenvalue weighted by Crippen LogP contribution is 2.28. The zero-order valence-electron chi connectivity index (χ0n) is 13.5. The number of rotatable bonds is 7. The first-order valence-electron chi connectivity index (χ1n) is 7.55. The lowest BCUT2D eigenvalue weighted by molar-refractivity contribution is -0.136. The molecule has 2 rings (SSSR count). The van der Waals surface area contributed by atoms with Crippen molar-refractivity contribution in [2.75, 3.05) is 13.2 Å². The van der Waals surface area contributed by atoms with Crippen molar-refractivity contribution in [3.8, 4) is 11.5 Å². The van der Waals surface area contributed by atoms with Crippen molar-refractivity contribution in [3.05, 3.63) is 57.0 Å². The molecule has 0 bridgehead atoms. The van der Waals surface area contributed by atoms with Crippen LogP contribution in [0.25, 0.3) is 0 Å². The highest BCUT2D eigenvalue weighted by molar-refractivity contribution is 9.11. The minimum Gasteiger partial charge on any atom is -0.481 e. The summed E-state index contributed by atoms with van der Waals surface area (Å²) < 4.78 is 17.2. The second-order valence-corrected chi connectivity index (χ2v) is 6.77. The van der Waals surface area contributed by atoms with Crippen LogP contribution >= 0.6 is 31.9 Å². The third-order valence-electron chi connectivity index (χ3n) is 3.00. The van der Waals surface area contributed by atoms with E-state index in [0.717, 1.165) is 15.4 Å². The maximum atomic E-state index is 11.9. The molecule has 132 valence electrons. The molecule has 0 unspecified atom stereocenters. The summed E-state index contributed by atoms with van der Waals surface area (Å²) >= 11 is 6.69. The van der Waals surface area contributed by atoms with Gasteiger partial charge in [-0.15, -0.1) is 0 Å². The van der Waals surface area contributed by atoms with Gasteiger partial charge in [-0.05, 0) is 64.8 Å². The van der Waals surface area contributed by atoms with Gasteiger partial charge in [-0.1, -0.05) is 22.9 Å². The molecule has 2 aromatic rings. The van der Waals surface area contributed by atoms with Crippen LogP contribution in [-0.2, 0) is 9.53 Å². The van der Waals surface area contributed by atoms with Gasteiger partial charge in [0.15, 0.2) is 6.61 Å². The van der Waals surface area contributed by atoms with Gasteiger partial charge in [-0.2, -0.15) is 0 Å². The zero-order chi connectivity index (χ0) is 18.2. The van der Waals surface area contributed by atoms with Crippen LogP contribution in [0.4, 0.5) is 0 Å². The number of carbonyl (C=O) groups is 2. The van der Waals surface area contributed by atoms with Crippen molar-refractivity contribution >= 4 is 43.8 Å². The Labute approximate surface area is 162 Å². The highest BCUT2D eigenvalue weighted by atomic mass is 79.9. The normalized spacial score (nSPS) is 10.2. The number of benzene rings is 2.